The molecule has 0 radical (unpaired) electrons. The summed E-state index contributed by atoms with van der Waals surface area (Å²) in [5.41, 5.74) is 4.91. The van der Waals surface area contributed by atoms with Gasteiger partial charge < -0.3 is 4.57 Å². The minimum absolute atomic E-state index is 0.0231. The van der Waals surface area contributed by atoms with Gasteiger partial charge in [0.15, 0.2) is 0 Å². The number of nitrogens with one attached hydrogen (secondary N) is 1. The summed E-state index contributed by atoms with van der Waals surface area (Å²) >= 11 is 0. The van der Waals surface area contributed by atoms with Crippen molar-refractivity contribution in [2.45, 2.75) is 45.2 Å². The number of benzene rings is 2. The topological polar surface area (TPSA) is 68.2 Å². The summed E-state index contributed by atoms with van der Waals surface area (Å²) in [5, 5.41) is 0. The maximum Gasteiger partial charge on any atom is 0.253 e. The molecule has 0 amide bonds. The molecule has 2 unspecified atom stereocenters. The molecule has 5 nitrogen and oxygen atoms in total. The Hall–Kier alpha value is -2.70. The van der Waals surface area contributed by atoms with Crippen LogP contribution in [-0.2, 0) is 22.9 Å². The van der Waals surface area contributed by atoms with Crippen molar-refractivity contribution in [2.75, 3.05) is 5.75 Å². The van der Waals surface area contributed by atoms with Gasteiger partial charge in [-0.1, -0.05) is 60.7 Å². The van der Waals surface area contributed by atoms with Gasteiger partial charge in [-0.25, -0.2) is 13.1 Å². The summed E-state index contributed by atoms with van der Waals surface area (Å²) in [5.74, 6) is 0.0231. The molecule has 2 heterocycles. The Morgan fingerprint density at radius 3 is 2.48 bits per heavy atom. The first-order chi connectivity index (χ1) is 14.9. The molecule has 0 saturated heterocycles. The number of nitrogens with zero attached hydrogens (tertiary/aromatic N) is 1. The van der Waals surface area contributed by atoms with E-state index in [2.05, 4.69) is 29.0 Å². The lowest BCUT2D eigenvalue weighted by atomic mass is 9.90. The van der Waals surface area contributed by atoms with Crippen LogP contribution in [-0.4, -0.2) is 24.8 Å². The van der Waals surface area contributed by atoms with E-state index >= 15 is 0 Å². The lowest BCUT2D eigenvalue weighted by molar-refractivity contribution is 0.314. The zero-order valence-electron chi connectivity index (χ0n) is 17.9. The summed E-state index contributed by atoms with van der Waals surface area (Å²) in [6, 6.07) is 21.7. The second-order valence-electron chi connectivity index (χ2n) is 8.19. The quantitative estimate of drug-likeness (QED) is 0.638. The molecule has 31 heavy (non-hydrogen) atoms. The number of aryl methyl sites for hydroxylation is 2. The van der Waals surface area contributed by atoms with Gasteiger partial charge in [-0.05, 0) is 55.9 Å². The van der Waals surface area contributed by atoms with Crippen LogP contribution in [0.15, 0.2) is 71.5 Å². The van der Waals surface area contributed by atoms with E-state index < -0.39 is 10.0 Å². The van der Waals surface area contributed by atoms with Gasteiger partial charge in [0.1, 0.15) is 0 Å². The van der Waals surface area contributed by atoms with Crippen LogP contribution in [0.25, 0.3) is 11.1 Å². The molecule has 1 N–H and O–H groups in total. The predicted octanol–water partition coefficient (Wildman–Crippen LogP) is 3.86. The molecule has 1 aromatic heterocycles. The molecule has 162 valence electrons. The van der Waals surface area contributed by atoms with Gasteiger partial charge in [0, 0.05) is 17.3 Å². The number of hydrogen-bond donors (Lipinski definition) is 1. The molecule has 1 aliphatic rings. The summed E-state index contributed by atoms with van der Waals surface area (Å²) < 4.78 is 29.4. The van der Waals surface area contributed by atoms with Crippen molar-refractivity contribution in [2.24, 2.45) is 0 Å². The second-order valence-corrected chi connectivity index (χ2v) is 10.2. The molecule has 1 aliphatic heterocycles. The highest BCUT2D eigenvalue weighted by atomic mass is 32.2. The number of hydrogen-bond acceptors (Lipinski definition) is 3. The minimum atomic E-state index is -3.39. The fourth-order valence-corrected chi connectivity index (χ4v) is 5.27. The highest BCUT2D eigenvalue weighted by Gasteiger charge is 2.33. The van der Waals surface area contributed by atoms with Crippen LogP contribution in [0.5, 0.6) is 0 Å². The molecule has 2 atom stereocenters. The van der Waals surface area contributed by atoms with Crippen LogP contribution in [0.4, 0.5) is 0 Å². The van der Waals surface area contributed by atoms with Crippen LogP contribution in [0, 0.1) is 6.92 Å². The Morgan fingerprint density at radius 2 is 1.74 bits per heavy atom. The van der Waals surface area contributed by atoms with Crippen LogP contribution in [0.1, 0.15) is 36.2 Å². The molecule has 0 fully saturated rings. The Morgan fingerprint density at radius 1 is 1.00 bits per heavy atom. The molecule has 0 bridgehead atoms. The molecular weight excluding hydrogens is 408 g/mol. The van der Waals surface area contributed by atoms with E-state index in [0.717, 1.165) is 22.4 Å². The SMILES string of the molecule is CCS(=O)(=O)NC1CCc2ccc(C)c(=O)n2C1Cc1cccc(-c2ccccc2)c1. The normalized spacial score (nSPS) is 18.5. The molecule has 6 heteroatoms. The Kier molecular flexibility index (Phi) is 6.12. The fraction of sp³-hybridized carbons (Fsp3) is 0.320. The number of pyridine rings is 1. The van der Waals surface area contributed by atoms with E-state index in [1.165, 1.54) is 0 Å². The van der Waals surface area contributed by atoms with Gasteiger partial charge in [0.2, 0.25) is 10.0 Å². The van der Waals surface area contributed by atoms with Crippen molar-refractivity contribution in [1.82, 2.24) is 9.29 Å². The monoisotopic (exact) mass is 436 g/mol. The van der Waals surface area contributed by atoms with Crippen molar-refractivity contribution in [3.63, 3.8) is 0 Å². The number of sulfonamides is 1. The van der Waals surface area contributed by atoms with Crippen molar-refractivity contribution >= 4 is 10.0 Å². The average molecular weight is 437 g/mol. The molecule has 3 aromatic rings. The third kappa shape index (κ3) is 4.65. The average Bonchev–Trinajstić information content (AvgIpc) is 2.78. The van der Waals surface area contributed by atoms with Crippen LogP contribution in [0.2, 0.25) is 0 Å². The first kappa shape index (κ1) is 21.5. The highest BCUT2D eigenvalue weighted by molar-refractivity contribution is 7.89. The van der Waals surface area contributed by atoms with Gasteiger partial charge in [0.05, 0.1) is 11.8 Å². The first-order valence-corrected chi connectivity index (χ1v) is 12.4. The number of aromatic nitrogens is 1. The largest absolute Gasteiger partial charge is 0.307 e. The first-order valence-electron chi connectivity index (χ1n) is 10.7. The van der Waals surface area contributed by atoms with Crippen LogP contribution in [0.3, 0.4) is 0 Å². The molecule has 0 spiro atoms. The summed E-state index contributed by atoms with van der Waals surface area (Å²) in [6.45, 7) is 3.44. The van der Waals surface area contributed by atoms with Gasteiger partial charge in [-0.15, -0.1) is 0 Å². The van der Waals surface area contributed by atoms with E-state index in [9.17, 15) is 13.2 Å². The van der Waals surface area contributed by atoms with Crippen LogP contribution >= 0.6 is 0 Å². The van der Waals surface area contributed by atoms with E-state index in [-0.39, 0.29) is 23.4 Å². The number of rotatable bonds is 6. The van der Waals surface area contributed by atoms with Gasteiger partial charge in [0.25, 0.3) is 5.56 Å². The Balaban J connectivity index is 1.75. The van der Waals surface area contributed by atoms with E-state index in [4.69, 9.17) is 0 Å². The van der Waals surface area contributed by atoms with Crippen molar-refractivity contribution in [1.29, 1.82) is 0 Å². The second kappa shape index (κ2) is 8.81. The Bertz CT molecular complexity index is 1230. The fourth-order valence-electron chi connectivity index (χ4n) is 4.37. The smallest absolute Gasteiger partial charge is 0.253 e. The minimum Gasteiger partial charge on any atom is -0.307 e. The van der Waals surface area contributed by atoms with E-state index in [0.29, 0.717) is 24.8 Å². The summed E-state index contributed by atoms with van der Waals surface area (Å²) in [4.78, 5) is 13.1. The maximum absolute atomic E-state index is 13.1. The molecule has 2 aromatic carbocycles. The van der Waals surface area contributed by atoms with Crippen molar-refractivity contribution in [3.05, 3.63) is 93.9 Å². The zero-order valence-corrected chi connectivity index (χ0v) is 18.7. The zero-order chi connectivity index (χ0) is 22.0. The van der Waals surface area contributed by atoms with E-state index in [1.54, 1.807) is 6.92 Å². The van der Waals surface area contributed by atoms with Crippen molar-refractivity contribution < 1.29 is 8.42 Å². The maximum atomic E-state index is 13.1. The third-order valence-electron chi connectivity index (χ3n) is 6.09. The lowest BCUT2D eigenvalue weighted by Gasteiger charge is -2.36. The van der Waals surface area contributed by atoms with Gasteiger partial charge in [-0.3, -0.25) is 4.79 Å². The van der Waals surface area contributed by atoms with Crippen molar-refractivity contribution in [3.8, 4) is 11.1 Å². The third-order valence-corrected chi connectivity index (χ3v) is 7.51. The standard InChI is InChI=1S/C25H28N2O3S/c1-3-31(29,30)26-23-15-14-22-13-12-18(2)25(28)27(22)24(23)17-19-8-7-11-21(16-19)20-9-5-4-6-10-20/h4-13,16,23-24,26H,3,14-15,17H2,1-2H3. The molecular formula is C25H28N2O3S. The molecule has 0 aliphatic carbocycles. The molecule has 0 saturated carbocycles. The van der Waals surface area contributed by atoms with E-state index in [1.807, 2.05) is 54.0 Å². The van der Waals surface area contributed by atoms with Gasteiger partial charge >= 0.3 is 0 Å². The predicted molar refractivity (Wildman–Crippen MR) is 125 cm³/mol. The highest BCUT2D eigenvalue weighted by Crippen LogP contribution is 2.29. The van der Waals surface area contributed by atoms with Crippen LogP contribution < -0.4 is 10.3 Å². The molecule has 4 rings (SSSR count). The summed E-state index contributed by atoms with van der Waals surface area (Å²) in [6.07, 6.45) is 1.92. The number of fused-ring (bicyclic) bond motifs is 1. The summed E-state index contributed by atoms with van der Waals surface area (Å²) in [7, 11) is -3.39. The van der Waals surface area contributed by atoms with Gasteiger partial charge in [-0.2, -0.15) is 0 Å². The lowest BCUT2D eigenvalue weighted by Crippen LogP contribution is -2.49. The Labute approximate surface area is 183 Å².